The molecule has 1 heteroatoms. The van der Waals surface area contributed by atoms with E-state index in [2.05, 4.69) is 39.4 Å². The Morgan fingerprint density at radius 1 is 1.20 bits per heavy atom. The number of allylic oxidation sites excluding steroid dienone is 2. The van der Waals surface area contributed by atoms with E-state index in [0.29, 0.717) is 0 Å². The van der Waals surface area contributed by atoms with Gasteiger partial charge in [-0.3, -0.25) is 0 Å². The van der Waals surface area contributed by atoms with Crippen LogP contribution < -0.4 is 0 Å². The van der Waals surface area contributed by atoms with Crippen LogP contribution in [-0.2, 0) is 0 Å². The van der Waals surface area contributed by atoms with Crippen molar-refractivity contribution in [2.45, 2.75) is 34.1 Å². The van der Waals surface area contributed by atoms with E-state index in [4.69, 9.17) is 0 Å². The normalized spacial score (nSPS) is 43.9. The van der Waals surface area contributed by atoms with Gasteiger partial charge in [0, 0.05) is 6.54 Å². The van der Waals surface area contributed by atoms with Crippen molar-refractivity contribution in [3.8, 4) is 0 Å². The molecule has 0 aromatic rings. The van der Waals surface area contributed by atoms with Crippen LogP contribution in [-0.4, -0.2) is 13.3 Å². The van der Waals surface area contributed by atoms with Crippen molar-refractivity contribution in [3.63, 3.8) is 0 Å². The van der Waals surface area contributed by atoms with Gasteiger partial charge in [-0.25, -0.2) is 0 Å². The van der Waals surface area contributed by atoms with Crippen molar-refractivity contribution in [1.29, 1.82) is 0 Å². The Balaban J connectivity index is 2.17. The molecule has 1 saturated carbocycles. The van der Waals surface area contributed by atoms with Crippen LogP contribution in [0.15, 0.2) is 16.1 Å². The Kier molecular flexibility index (Phi) is 2.74. The summed E-state index contributed by atoms with van der Waals surface area (Å²) < 4.78 is 0. The van der Waals surface area contributed by atoms with E-state index in [-0.39, 0.29) is 0 Å². The molecule has 2 rings (SSSR count). The third-order valence-corrected chi connectivity index (χ3v) is 4.96. The lowest BCUT2D eigenvalue weighted by Crippen LogP contribution is -2.26. The molecule has 1 nitrogen and oxygen atoms in total. The van der Waals surface area contributed by atoms with Crippen LogP contribution in [0.2, 0.25) is 0 Å². The molecule has 5 unspecified atom stereocenters. The SMILES string of the molecule is C=NCCC1C(C)C(C)C(C)=C2C(C)C21. The average molecular weight is 205 g/mol. The van der Waals surface area contributed by atoms with Gasteiger partial charge in [-0.15, -0.1) is 0 Å². The Morgan fingerprint density at radius 2 is 1.87 bits per heavy atom. The van der Waals surface area contributed by atoms with E-state index in [0.717, 1.165) is 36.1 Å². The highest BCUT2D eigenvalue weighted by molar-refractivity contribution is 5.38. The molecule has 0 saturated heterocycles. The molecule has 5 atom stereocenters. The highest BCUT2D eigenvalue weighted by atomic mass is 14.7. The number of hydrogen-bond donors (Lipinski definition) is 0. The molecule has 0 aliphatic heterocycles. The van der Waals surface area contributed by atoms with Gasteiger partial charge in [0.25, 0.3) is 0 Å². The van der Waals surface area contributed by atoms with Gasteiger partial charge in [0.2, 0.25) is 0 Å². The summed E-state index contributed by atoms with van der Waals surface area (Å²) in [6.07, 6.45) is 1.24. The van der Waals surface area contributed by atoms with Gasteiger partial charge in [-0.1, -0.05) is 31.9 Å². The summed E-state index contributed by atoms with van der Waals surface area (Å²) >= 11 is 0. The van der Waals surface area contributed by atoms with Crippen LogP contribution in [0.1, 0.15) is 34.1 Å². The average Bonchev–Trinajstić information content (AvgIpc) is 2.87. The highest BCUT2D eigenvalue weighted by Crippen LogP contribution is 2.60. The topological polar surface area (TPSA) is 12.4 Å². The van der Waals surface area contributed by atoms with E-state index < -0.39 is 0 Å². The minimum Gasteiger partial charge on any atom is -0.301 e. The maximum Gasteiger partial charge on any atom is 0.0385 e. The Hall–Kier alpha value is -0.590. The summed E-state index contributed by atoms with van der Waals surface area (Å²) in [7, 11) is 0. The van der Waals surface area contributed by atoms with E-state index in [1.54, 1.807) is 11.1 Å². The van der Waals surface area contributed by atoms with Crippen molar-refractivity contribution >= 4 is 6.72 Å². The summed E-state index contributed by atoms with van der Waals surface area (Å²) in [6.45, 7) is 14.1. The van der Waals surface area contributed by atoms with Crippen LogP contribution in [0.25, 0.3) is 0 Å². The molecule has 15 heavy (non-hydrogen) atoms. The summed E-state index contributed by atoms with van der Waals surface area (Å²) in [5.74, 6) is 4.20. The quantitative estimate of drug-likeness (QED) is 0.493. The van der Waals surface area contributed by atoms with Gasteiger partial charge in [0.1, 0.15) is 0 Å². The Bertz CT molecular complexity index is 302. The van der Waals surface area contributed by atoms with E-state index in [9.17, 15) is 0 Å². The molecule has 0 radical (unpaired) electrons. The highest BCUT2D eigenvalue weighted by Gasteiger charge is 2.52. The van der Waals surface area contributed by atoms with Gasteiger partial charge in [-0.2, -0.15) is 0 Å². The van der Waals surface area contributed by atoms with Crippen LogP contribution >= 0.6 is 0 Å². The summed E-state index contributed by atoms with van der Waals surface area (Å²) in [5, 5.41) is 0. The van der Waals surface area contributed by atoms with E-state index in [1.807, 2.05) is 0 Å². The fourth-order valence-electron chi connectivity index (χ4n) is 3.68. The Morgan fingerprint density at radius 3 is 2.47 bits per heavy atom. The van der Waals surface area contributed by atoms with Crippen LogP contribution in [0, 0.1) is 29.6 Å². The largest absolute Gasteiger partial charge is 0.301 e. The molecule has 2 aliphatic carbocycles. The predicted molar refractivity (Wildman–Crippen MR) is 66.2 cm³/mol. The molecule has 0 bridgehead atoms. The van der Waals surface area contributed by atoms with Crippen molar-refractivity contribution in [2.75, 3.05) is 6.54 Å². The third kappa shape index (κ3) is 1.56. The molecular formula is C14H23N. The fourth-order valence-corrected chi connectivity index (χ4v) is 3.68. The minimum absolute atomic E-state index is 0.774. The molecule has 2 aliphatic rings. The zero-order valence-corrected chi connectivity index (χ0v) is 10.5. The first-order chi connectivity index (χ1) is 7.09. The lowest BCUT2D eigenvalue weighted by molar-refractivity contribution is 0.232. The second-order valence-electron chi connectivity index (χ2n) is 5.50. The standard InChI is InChI=1S/C14H23N/c1-8-9(2)12(6-7-15-5)14-11(4)13(14)10(8)3/h8-9,11-12,14H,5-7H2,1-4H3. The molecule has 84 valence electrons. The van der Waals surface area contributed by atoms with Crippen LogP contribution in [0.3, 0.4) is 0 Å². The van der Waals surface area contributed by atoms with Crippen molar-refractivity contribution < 1.29 is 0 Å². The second kappa shape index (κ2) is 3.77. The molecule has 0 N–H and O–H groups in total. The van der Waals surface area contributed by atoms with Gasteiger partial charge in [0.05, 0.1) is 0 Å². The zero-order chi connectivity index (χ0) is 11.2. The van der Waals surface area contributed by atoms with Gasteiger partial charge < -0.3 is 4.99 Å². The third-order valence-electron chi connectivity index (χ3n) is 4.96. The maximum absolute atomic E-state index is 4.02. The summed E-state index contributed by atoms with van der Waals surface area (Å²) in [6, 6.07) is 0. The van der Waals surface area contributed by atoms with Gasteiger partial charge in [0.15, 0.2) is 0 Å². The maximum atomic E-state index is 4.02. The number of nitrogens with zero attached hydrogens (tertiary/aromatic N) is 1. The lowest BCUT2D eigenvalue weighted by Gasteiger charge is -2.33. The van der Waals surface area contributed by atoms with Gasteiger partial charge in [-0.05, 0) is 49.7 Å². The van der Waals surface area contributed by atoms with E-state index >= 15 is 0 Å². The fraction of sp³-hybridized carbons (Fsp3) is 0.786. The van der Waals surface area contributed by atoms with Crippen molar-refractivity contribution in [2.24, 2.45) is 34.6 Å². The lowest BCUT2D eigenvalue weighted by atomic mass is 9.72. The monoisotopic (exact) mass is 205 g/mol. The number of rotatable bonds is 3. The number of fused-ring (bicyclic) bond motifs is 1. The molecule has 0 spiro atoms. The minimum atomic E-state index is 0.774. The first-order valence-corrected chi connectivity index (χ1v) is 6.22. The van der Waals surface area contributed by atoms with Crippen molar-refractivity contribution in [1.82, 2.24) is 0 Å². The second-order valence-corrected chi connectivity index (χ2v) is 5.50. The predicted octanol–water partition coefficient (Wildman–Crippen LogP) is 3.56. The first kappa shape index (κ1) is 10.9. The molecule has 0 amide bonds. The number of aliphatic imine (C=N–C) groups is 1. The smallest absolute Gasteiger partial charge is 0.0385 e. The van der Waals surface area contributed by atoms with Crippen LogP contribution in [0.4, 0.5) is 0 Å². The zero-order valence-electron chi connectivity index (χ0n) is 10.5. The Labute approximate surface area is 93.7 Å². The van der Waals surface area contributed by atoms with Crippen LogP contribution in [0.5, 0.6) is 0 Å². The van der Waals surface area contributed by atoms with Crippen molar-refractivity contribution in [3.05, 3.63) is 11.1 Å². The molecule has 0 heterocycles. The molecular weight excluding hydrogens is 182 g/mol. The molecule has 0 aromatic heterocycles. The van der Waals surface area contributed by atoms with E-state index in [1.165, 1.54) is 6.42 Å². The summed E-state index contributed by atoms with van der Waals surface area (Å²) in [4.78, 5) is 4.02. The molecule has 0 aromatic carbocycles. The first-order valence-electron chi connectivity index (χ1n) is 6.22. The number of hydrogen-bond acceptors (Lipinski definition) is 1. The van der Waals surface area contributed by atoms with Gasteiger partial charge >= 0.3 is 0 Å². The summed E-state index contributed by atoms with van der Waals surface area (Å²) in [5.41, 5.74) is 3.46. The molecule has 1 fully saturated rings.